The van der Waals surface area contributed by atoms with Crippen LogP contribution in [0.1, 0.15) is 27.2 Å². The highest BCUT2D eigenvalue weighted by atomic mass is 31.2. The first-order chi connectivity index (χ1) is 5.04. The lowest BCUT2D eigenvalue weighted by molar-refractivity contribution is 0.547. The molecule has 0 rings (SSSR count). The largest absolute Gasteiger partial charge is 0.289 e. The highest BCUT2D eigenvalue weighted by molar-refractivity contribution is 7.59. The molecule has 0 radical (unpaired) electrons. The second-order valence-electron chi connectivity index (χ2n) is 2.97. The van der Waals surface area contributed by atoms with E-state index in [-0.39, 0.29) is 6.04 Å². The van der Waals surface area contributed by atoms with Crippen LogP contribution in [0.4, 0.5) is 0 Å². The van der Waals surface area contributed by atoms with Crippen LogP contribution >= 0.6 is 7.44 Å². The van der Waals surface area contributed by atoms with Gasteiger partial charge in [0.2, 0.25) is 7.44 Å². The molecule has 0 saturated heterocycles. The van der Waals surface area contributed by atoms with Gasteiger partial charge in [-0.2, -0.15) is 0 Å². The monoisotopic (exact) mass is 178 g/mol. The lowest BCUT2D eigenvalue weighted by atomic mass is 10.4. The number of nitrogens with one attached hydrogen (secondary N) is 2. The highest BCUT2D eigenvalue weighted by Gasteiger charge is 2.18. The molecule has 4 heteroatoms. The van der Waals surface area contributed by atoms with Gasteiger partial charge in [0.15, 0.2) is 0 Å². The maximum Gasteiger partial charge on any atom is 0.211 e. The van der Waals surface area contributed by atoms with Crippen LogP contribution in [0.15, 0.2) is 0 Å². The van der Waals surface area contributed by atoms with Gasteiger partial charge in [-0.3, -0.25) is 14.7 Å². The number of hydrogen-bond donors (Lipinski definition) is 2. The van der Waals surface area contributed by atoms with Crippen molar-refractivity contribution in [1.82, 2.24) is 10.2 Å². The Balaban J connectivity index is 4.00. The zero-order valence-electron chi connectivity index (χ0n) is 7.85. The van der Waals surface area contributed by atoms with E-state index in [1.165, 1.54) is 0 Å². The summed E-state index contributed by atoms with van der Waals surface area (Å²) >= 11 is 0. The fourth-order valence-electron chi connectivity index (χ4n) is 0.973. The van der Waals surface area contributed by atoms with Gasteiger partial charge in [0.1, 0.15) is 0 Å². The molecule has 0 aromatic rings. The third-order valence-electron chi connectivity index (χ3n) is 1.37. The van der Waals surface area contributed by atoms with Crippen molar-refractivity contribution in [2.75, 3.05) is 13.2 Å². The average molecular weight is 178 g/mol. The fraction of sp³-hybridized carbons (Fsp3) is 1.00. The van der Waals surface area contributed by atoms with Gasteiger partial charge < -0.3 is 0 Å². The maximum absolute atomic E-state index is 11.8. The second-order valence-corrected chi connectivity index (χ2v) is 5.60. The Morgan fingerprint density at radius 2 is 2.00 bits per heavy atom. The van der Waals surface area contributed by atoms with Crippen LogP contribution in [0.5, 0.6) is 0 Å². The maximum atomic E-state index is 11.8. The minimum absolute atomic E-state index is 0.278. The predicted molar refractivity (Wildman–Crippen MR) is 50.1 cm³/mol. The van der Waals surface area contributed by atoms with Crippen LogP contribution in [0.2, 0.25) is 0 Å². The van der Waals surface area contributed by atoms with Crippen molar-refractivity contribution in [3.05, 3.63) is 0 Å². The number of hydrogen-bond acceptors (Lipinski definition) is 1. The van der Waals surface area contributed by atoms with Crippen molar-refractivity contribution in [3.8, 4) is 0 Å². The summed E-state index contributed by atoms with van der Waals surface area (Å²) < 4.78 is 11.8. The molecule has 0 spiro atoms. The Morgan fingerprint density at radius 3 is 2.27 bits per heavy atom. The Kier molecular flexibility index (Phi) is 4.98. The lowest BCUT2D eigenvalue weighted by Gasteiger charge is -2.20. The van der Waals surface area contributed by atoms with Gasteiger partial charge in [0.25, 0.3) is 0 Å². The van der Waals surface area contributed by atoms with Crippen molar-refractivity contribution in [3.63, 3.8) is 0 Å². The van der Waals surface area contributed by atoms with Gasteiger partial charge in [0.05, 0.1) is 0 Å². The standard InChI is InChI=1S/C7H19N2OP/c1-5-6-11(10,8-4)9-7(2)3/h7H,5-6H2,1-4H3,(H2,8,9,10). The SMILES string of the molecule is CCCP(=O)(NC)NC(C)C. The molecule has 0 aromatic carbocycles. The van der Waals surface area contributed by atoms with Crippen LogP contribution in [0.25, 0.3) is 0 Å². The second kappa shape index (κ2) is 4.91. The van der Waals surface area contributed by atoms with Gasteiger partial charge in [-0.15, -0.1) is 0 Å². The van der Waals surface area contributed by atoms with Crippen molar-refractivity contribution in [2.24, 2.45) is 0 Å². The van der Waals surface area contributed by atoms with Crippen molar-refractivity contribution < 1.29 is 4.57 Å². The van der Waals surface area contributed by atoms with E-state index in [1.54, 1.807) is 7.05 Å². The quantitative estimate of drug-likeness (QED) is 0.631. The summed E-state index contributed by atoms with van der Waals surface area (Å²) in [6.07, 6.45) is 1.67. The van der Waals surface area contributed by atoms with Crippen LogP contribution in [-0.4, -0.2) is 19.3 Å². The molecule has 68 valence electrons. The zero-order chi connectivity index (χ0) is 8.91. The molecule has 0 amide bonds. The first-order valence-corrected chi connectivity index (χ1v) is 5.99. The zero-order valence-corrected chi connectivity index (χ0v) is 8.74. The average Bonchev–Trinajstić information content (AvgIpc) is 1.87. The summed E-state index contributed by atoms with van der Waals surface area (Å²) in [6.45, 7) is 6.03. The molecule has 0 heterocycles. The third kappa shape index (κ3) is 4.57. The summed E-state index contributed by atoms with van der Waals surface area (Å²) in [5.41, 5.74) is 0. The smallest absolute Gasteiger partial charge is 0.211 e. The molecule has 3 nitrogen and oxygen atoms in total. The van der Waals surface area contributed by atoms with E-state index in [0.29, 0.717) is 0 Å². The number of rotatable bonds is 5. The van der Waals surface area contributed by atoms with Crippen molar-refractivity contribution in [1.29, 1.82) is 0 Å². The van der Waals surface area contributed by atoms with E-state index in [0.717, 1.165) is 12.6 Å². The molecule has 0 aliphatic heterocycles. The Hall–Kier alpha value is 0.150. The van der Waals surface area contributed by atoms with E-state index < -0.39 is 7.44 Å². The first-order valence-electron chi connectivity index (χ1n) is 4.10. The normalized spacial score (nSPS) is 16.8. The van der Waals surface area contributed by atoms with Crippen LogP contribution in [0.3, 0.4) is 0 Å². The lowest BCUT2D eigenvalue weighted by Crippen LogP contribution is -2.27. The fourth-order valence-corrected chi connectivity index (χ4v) is 2.92. The molecular formula is C7H19N2OP. The van der Waals surface area contributed by atoms with Gasteiger partial charge in [-0.05, 0) is 27.3 Å². The van der Waals surface area contributed by atoms with Crippen molar-refractivity contribution in [2.45, 2.75) is 33.2 Å². The molecule has 11 heavy (non-hydrogen) atoms. The minimum Gasteiger partial charge on any atom is -0.289 e. The predicted octanol–water partition coefficient (Wildman–Crippen LogP) is 1.81. The molecule has 0 aliphatic carbocycles. The molecule has 1 atom stereocenters. The summed E-state index contributed by atoms with van der Waals surface area (Å²) in [7, 11) is -0.514. The minimum atomic E-state index is -2.26. The third-order valence-corrected chi connectivity index (χ3v) is 4.10. The molecule has 1 unspecified atom stereocenters. The summed E-state index contributed by atoms with van der Waals surface area (Å²) in [6, 6.07) is 0.278. The Bertz CT molecular complexity index is 147. The van der Waals surface area contributed by atoms with Gasteiger partial charge in [0, 0.05) is 12.2 Å². The van der Waals surface area contributed by atoms with Crippen LogP contribution in [-0.2, 0) is 4.57 Å². The van der Waals surface area contributed by atoms with Crippen LogP contribution in [0, 0.1) is 0 Å². The van der Waals surface area contributed by atoms with E-state index >= 15 is 0 Å². The molecule has 0 bridgehead atoms. The van der Waals surface area contributed by atoms with Gasteiger partial charge in [-0.1, -0.05) is 6.92 Å². The molecule has 0 fully saturated rings. The Morgan fingerprint density at radius 1 is 1.45 bits per heavy atom. The molecular weight excluding hydrogens is 159 g/mol. The summed E-state index contributed by atoms with van der Waals surface area (Å²) in [4.78, 5) is 0. The first kappa shape index (κ1) is 11.2. The van der Waals surface area contributed by atoms with E-state index in [9.17, 15) is 4.57 Å². The van der Waals surface area contributed by atoms with E-state index in [2.05, 4.69) is 10.2 Å². The van der Waals surface area contributed by atoms with Gasteiger partial charge >= 0.3 is 0 Å². The van der Waals surface area contributed by atoms with E-state index in [1.807, 2.05) is 20.8 Å². The topological polar surface area (TPSA) is 41.1 Å². The van der Waals surface area contributed by atoms with Crippen LogP contribution < -0.4 is 10.2 Å². The van der Waals surface area contributed by atoms with Gasteiger partial charge in [-0.25, -0.2) is 0 Å². The Labute approximate surface area is 69.4 Å². The molecule has 0 aliphatic rings. The van der Waals surface area contributed by atoms with Crippen molar-refractivity contribution >= 4 is 7.44 Å². The summed E-state index contributed by atoms with van der Waals surface area (Å²) in [5.74, 6) is 0. The summed E-state index contributed by atoms with van der Waals surface area (Å²) in [5, 5.41) is 5.91. The molecule has 0 aromatic heterocycles. The van der Waals surface area contributed by atoms with E-state index in [4.69, 9.17) is 0 Å². The highest BCUT2D eigenvalue weighted by Crippen LogP contribution is 2.35. The molecule has 0 saturated carbocycles. The molecule has 2 N–H and O–H groups in total.